The molecule has 0 aliphatic heterocycles. The Morgan fingerprint density at radius 1 is 0.955 bits per heavy atom. The summed E-state index contributed by atoms with van der Waals surface area (Å²) in [7, 11) is 0. The van der Waals surface area contributed by atoms with Gasteiger partial charge in [-0.15, -0.1) is 0 Å². The zero-order chi connectivity index (χ0) is 15.6. The molecule has 4 heteroatoms. The van der Waals surface area contributed by atoms with Gasteiger partial charge in [0.05, 0.1) is 0 Å². The fourth-order valence-electron chi connectivity index (χ4n) is 1.75. The lowest BCUT2D eigenvalue weighted by Crippen LogP contribution is -2.17. The van der Waals surface area contributed by atoms with Gasteiger partial charge in [-0.25, -0.2) is 0 Å². The maximum Gasteiger partial charge on any atom is 0.153 e. The number of rotatable bonds is 8. The monoisotopic (exact) mass is 299 g/mol. The lowest BCUT2D eigenvalue weighted by molar-refractivity contribution is 0.0635. The highest BCUT2D eigenvalue weighted by Gasteiger charge is 2.05. The summed E-state index contributed by atoms with van der Waals surface area (Å²) in [6.07, 6.45) is 2.51. The number of hydrogen-bond acceptors (Lipinski definition) is 4. The maximum absolute atomic E-state index is 5.75. The second kappa shape index (κ2) is 8.72. The van der Waals surface area contributed by atoms with Crippen molar-refractivity contribution >= 4 is 6.21 Å². The Morgan fingerprint density at radius 2 is 1.59 bits per heavy atom. The summed E-state index contributed by atoms with van der Waals surface area (Å²) in [6, 6.07) is 17.2. The van der Waals surface area contributed by atoms with Gasteiger partial charge in [0.15, 0.2) is 6.61 Å². The molecule has 0 spiro atoms. The van der Waals surface area contributed by atoms with E-state index in [0.29, 0.717) is 6.61 Å². The number of oxime groups is 1. The van der Waals surface area contributed by atoms with E-state index in [2.05, 4.69) is 5.16 Å². The van der Waals surface area contributed by atoms with Crippen molar-refractivity contribution < 1.29 is 14.3 Å². The van der Waals surface area contributed by atoms with E-state index < -0.39 is 0 Å². The third-order valence-corrected chi connectivity index (χ3v) is 2.78. The van der Waals surface area contributed by atoms with Crippen LogP contribution in [0.1, 0.15) is 20.3 Å². The van der Waals surface area contributed by atoms with Crippen LogP contribution in [0.25, 0.3) is 0 Å². The van der Waals surface area contributed by atoms with Gasteiger partial charge in [-0.2, -0.15) is 0 Å². The molecule has 0 fully saturated rings. The molecular weight excluding hydrogens is 278 g/mol. The highest BCUT2D eigenvalue weighted by Crippen LogP contribution is 2.23. The van der Waals surface area contributed by atoms with Crippen LogP contribution in [0.4, 0.5) is 0 Å². The van der Waals surface area contributed by atoms with Crippen LogP contribution in [0.2, 0.25) is 0 Å². The largest absolute Gasteiger partial charge is 0.487 e. The van der Waals surface area contributed by atoms with Crippen molar-refractivity contribution in [2.45, 2.75) is 26.4 Å². The van der Waals surface area contributed by atoms with Gasteiger partial charge in [0, 0.05) is 6.21 Å². The molecule has 2 aromatic rings. The first-order valence-electron chi connectivity index (χ1n) is 7.41. The number of ether oxygens (including phenoxy) is 2. The average Bonchev–Trinajstić information content (AvgIpc) is 2.54. The first-order valence-corrected chi connectivity index (χ1v) is 7.41. The summed E-state index contributed by atoms with van der Waals surface area (Å²) in [5.74, 6) is 2.36. The van der Waals surface area contributed by atoms with E-state index in [0.717, 1.165) is 23.7 Å². The maximum atomic E-state index is 5.75. The molecule has 2 rings (SSSR count). The van der Waals surface area contributed by atoms with Crippen molar-refractivity contribution in [2.75, 3.05) is 6.61 Å². The van der Waals surface area contributed by atoms with Crippen LogP contribution in [0.15, 0.2) is 59.8 Å². The van der Waals surface area contributed by atoms with Gasteiger partial charge in [-0.3, -0.25) is 0 Å². The summed E-state index contributed by atoms with van der Waals surface area (Å²) in [5.41, 5.74) is 0. The Balaban J connectivity index is 1.82. The molecule has 0 aliphatic carbocycles. The Bertz CT molecular complexity index is 567. The first-order chi connectivity index (χ1) is 10.8. The standard InChI is InChI=1S/C18H21NO3/c1-3-13-19-20-14-15(2)21-17-9-11-18(12-10-17)22-16-7-5-4-6-8-16/h4-13,15H,3,14H2,1-2H3. The van der Waals surface area contributed by atoms with Gasteiger partial charge in [0.25, 0.3) is 0 Å². The molecular formula is C18H21NO3. The van der Waals surface area contributed by atoms with Crippen LogP contribution in [0, 0.1) is 0 Å². The molecule has 0 aliphatic rings. The Labute approximate surface area is 131 Å². The minimum Gasteiger partial charge on any atom is -0.487 e. The Morgan fingerprint density at radius 3 is 2.27 bits per heavy atom. The highest BCUT2D eigenvalue weighted by molar-refractivity contribution is 5.55. The van der Waals surface area contributed by atoms with Gasteiger partial charge in [-0.05, 0) is 49.7 Å². The normalized spacial score (nSPS) is 12.1. The van der Waals surface area contributed by atoms with Crippen LogP contribution in [-0.2, 0) is 4.84 Å². The lowest BCUT2D eigenvalue weighted by atomic mass is 10.3. The van der Waals surface area contributed by atoms with Gasteiger partial charge in [0.2, 0.25) is 0 Å². The molecule has 0 saturated carbocycles. The summed E-state index contributed by atoms with van der Waals surface area (Å²) in [6.45, 7) is 4.36. The van der Waals surface area contributed by atoms with E-state index in [-0.39, 0.29) is 6.10 Å². The minimum absolute atomic E-state index is 0.0742. The molecule has 0 radical (unpaired) electrons. The van der Waals surface area contributed by atoms with E-state index in [1.807, 2.05) is 68.4 Å². The van der Waals surface area contributed by atoms with E-state index >= 15 is 0 Å². The zero-order valence-corrected chi connectivity index (χ0v) is 12.9. The molecule has 0 saturated heterocycles. The third-order valence-electron chi connectivity index (χ3n) is 2.78. The SMILES string of the molecule is CCC=NOCC(C)Oc1ccc(Oc2ccccc2)cc1. The quantitative estimate of drug-likeness (QED) is 0.526. The second-order valence-corrected chi connectivity index (χ2v) is 4.81. The average molecular weight is 299 g/mol. The van der Waals surface area contributed by atoms with Gasteiger partial charge in [0.1, 0.15) is 23.4 Å². The predicted octanol–water partition coefficient (Wildman–Crippen LogP) is 4.66. The number of nitrogens with zero attached hydrogens (tertiary/aromatic N) is 1. The first kappa shape index (κ1) is 15.9. The molecule has 116 valence electrons. The number of benzene rings is 2. The highest BCUT2D eigenvalue weighted by atomic mass is 16.6. The van der Waals surface area contributed by atoms with E-state index in [4.69, 9.17) is 14.3 Å². The predicted molar refractivity (Wildman–Crippen MR) is 87.8 cm³/mol. The van der Waals surface area contributed by atoms with Gasteiger partial charge < -0.3 is 14.3 Å². The van der Waals surface area contributed by atoms with Crippen molar-refractivity contribution in [3.05, 3.63) is 54.6 Å². The molecule has 0 bridgehead atoms. The number of hydrogen-bond donors (Lipinski definition) is 0. The summed E-state index contributed by atoms with van der Waals surface area (Å²) in [4.78, 5) is 5.13. The molecule has 1 atom stereocenters. The Hall–Kier alpha value is -2.49. The lowest BCUT2D eigenvalue weighted by Gasteiger charge is -2.13. The summed E-state index contributed by atoms with van der Waals surface area (Å²) >= 11 is 0. The van der Waals surface area contributed by atoms with Crippen molar-refractivity contribution in [1.29, 1.82) is 0 Å². The van der Waals surface area contributed by atoms with Crippen LogP contribution >= 0.6 is 0 Å². The van der Waals surface area contributed by atoms with Crippen LogP contribution in [-0.4, -0.2) is 18.9 Å². The van der Waals surface area contributed by atoms with E-state index in [9.17, 15) is 0 Å². The summed E-state index contributed by atoms with van der Waals surface area (Å²) < 4.78 is 11.5. The zero-order valence-electron chi connectivity index (χ0n) is 12.9. The molecule has 0 heterocycles. The molecule has 22 heavy (non-hydrogen) atoms. The molecule has 4 nitrogen and oxygen atoms in total. The van der Waals surface area contributed by atoms with Crippen molar-refractivity contribution in [3.63, 3.8) is 0 Å². The van der Waals surface area contributed by atoms with Crippen molar-refractivity contribution in [1.82, 2.24) is 0 Å². The molecule has 0 amide bonds. The smallest absolute Gasteiger partial charge is 0.153 e. The molecule has 0 aromatic heterocycles. The van der Waals surface area contributed by atoms with Crippen molar-refractivity contribution in [3.8, 4) is 17.2 Å². The fraction of sp³-hybridized carbons (Fsp3) is 0.278. The Kier molecular flexibility index (Phi) is 6.30. The fourth-order valence-corrected chi connectivity index (χ4v) is 1.75. The second-order valence-electron chi connectivity index (χ2n) is 4.81. The van der Waals surface area contributed by atoms with Crippen LogP contribution in [0.3, 0.4) is 0 Å². The molecule has 2 aromatic carbocycles. The molecule has 1 unspecified atom stereocenters. The third kappa shape index (κ3) is 5.48. The topological polar surface area (TPSA) is 40.0 Å². The van der Waals surface area contributed by atoms with Crippen LogP contribution < -0.4 is 9.47 Å². The number of para-hydroxylation sites is 1. The van der Waals surface area contributed by atoms with E-state index in [1.165, 1.54) is 0 Å². The van der Waals surface area contributed by atoms with Crippen LogP contribution in [0.5, 0.6) is 17.2 Å². The minimum atomic E-state index is -0.0742. The van der Waals surface area contributed by atoms with Gasteiger partial charge >= 0.3 is 0 Å². The molecule has 0 N–H and O–H groups in total. The van der Waals surface area contributed by atoms with E-state index in [1.54, 1.807) is 6.21 Å². The summed E-state index contributed by atoms with van der Waals surface area (Å²) in [5, 5.41) is 3.81. The van der Waals surface area contributed by atoms with Gasteiger partial charge in [-0.1, -0.05) is 30.3 Å². The van der Waals surface area contributed by atoms with Crippen molar-refractivity contribution in [2.24, 2.45) is 5.16 Å².